The Bertz CT molecular complexity index is 141. The van der Waals surface area contributed by atoms with Gasteiger partial charge < -0.3 is 10.1 Å². The molecule has 2 heteroatoms. The zero-order valence-electron chi connectivity index (χ0n) is 8.05. The minimum Gasteiger partial charge on any atom is -0.381 e. The van der Waals surface area contributed by atoms with Crippen molar-refractivity contribution in [2.75, 3.05) is 13.2 Å². The van der Waals surface area contributed by atoms with Crippen molar-refractivity contribution in [2.24, 2.45) is 5.92 Å². The maximum Gasteiger partial charge on any atom is 0.0509 e. The van der Waals surface area contributed by atoms with E-state index >= 15 is 0 Å². The second-order valence-electron chi connectivity index (χ2n) is 3.60. The van der Waals surface area contributed by atoms with E-state index in [1.54, 1.807) is 0 Å². The normalized spacial score (nSPS) is 28.3. The van der Waals surface area contributed by atoms with Gasteiger partial charge in [0.05, 0.1) is 6.61 Å². The van der Waals surface area contributed by atoms with Crippen LogP contribution < -0.4 is 5.32 Å². The van der Waals surface area contributed by atoms with Crippen LogP contribution in [0.2, 0.25) is 0 Å². The molecule has 0 saturated carbocycles. The molecule has 0 bridgehead atoms. The van der Waals surface area contributed by atoms with Crippen LogP contribution in [0.15, 0.2) is 12.7 Å². The fraction of sp³-hybridized carbons (Fsp3) is 0.800. The summed E-state index contributed by atoms with van der Waals surface area (Å²) in [6.07, 6.45) is 3.13. The smallest absolute Gasteiger partial charge is 0.0509 e. The third-order valence-corrected chi connectivity index (χ3v) is 2.55. The first-order valence-electron chi connectivity index (χ1n) is 4.70. The van der Waals surface area contributed by atoms with Gasteiger partial charge in [0, 0.05) is 18.7 Å². The SMILES string of the molecule is C=CC(C)NC(C)C1CCOC1. The van der Waals surface area contributed by atoms with Gasteiger partial charge in [-0.2, -0.15) is 0 Å². The van der Waals surface area contributed by atoms with Crippen LogP contribution in [0.4, 0.5) is 0 Å². The molecule has 0 aromatic rings. The van der Waals surface area contributed by atoms with Crippen LogP contribution in [0.5, 0.6) is 0 Å². The van der Waals surface area contributed by atoms with E-state index in [4.69, 9.17) is 4.74 Å². The Morgan fingerprint density at radius 2 is 2.33 bits per heavy atom. The first kappa shape index (κ1) is 9.75. The van der Waals surface area contributed by atoms with Crippen molar-refractivity contribution in [2.45, 2.75) is 32.4 Å². The standard InChI is InChI=1S/C10H19NO/c1-4-8(2)11-9(3)10-5-6-12-7-10/h4,8-11H,1,5-7H2,2-3H3. The Labute approximate surface area is 75.0 Å². The van der Waals surface area contributed by atoms with Gasteiger partial charge in [0.15, 0.2) is 0 Å². The van der Waals surface area contributed by atoms with Gasteiger partial charge >= 0.3 is 0 Å². The van der Waals surface area contributed by atoms with Crippen LogP contribution in [-0.4, -0.2) is 25.3 Å². The second-order valence-corrected chi connectivity index (χ2v) is 3.60. The van der Waals surface area contributed by atoms with Crippen molar-refractivity contribution >= 4 is 0 Å². The van der Waals surface area contributed by atoms with Gasteiger partial charge in [-0.3, -0.25) is 0 Å². The molecule has 0 radical (unpaired) electrons. The lowest BCUT2D eigenvalue weighted by atomic mass is 10.00. The molecular formula is C10H19NO. The number of hydrogen-bond acceptors (Lipinski definition) is 2. The molecule has 3 unspecified atom stereocenters. The average molecular weight is 169 g/mol. The van der Waals surface area contributed by atoms with E-state index in [0.29, 0.717) is 18.0 Å². The van der Waals surface area contributed by atoms with Crippen LogP contribution in [-0.2, 0) is 4.74 Å². The van der Waals surface area contributed by atoms with Crippen molar-refractivity contribution < 1.29 is 4.74 Å². The summed E-state index contributed by atoms with van der Waals surface area (Å²) in [5.41, 5.74) is 0. The highest BCUT2D eigenvalue weighted by Gasteiger charge is 2.22. The molecule has 1 aliphatic heterocycles. The molecule has 0 aromatic carbocycles. The Balaban J connectivity index is 2.26. The van der Waals surface area contributed by atoms with E-state index < -0.39 is 0 Å². The monoisotopic (exact) mass is 169 g/mol. The summed E-state index contributed by atoms with van der Waals surface area (Å²) < 4.78 is 5.33. The lowest BCUT2D eigenvalue weighted by Gasteiger charge is -2.21. The Morgan fingerprint density at radius 1 is 1.58 bits per heavy atom. The number of ether oxygens (including phenoxy) is 1. The van der Waals surface area contributed by atoms with Crippen LogP contribution in [0, 0.1) is 5.92 Å². The molecule has 2 nitrogen and oxygen atoms in total. The lowest BCUT2D eigenvalue weighted by molar-refractivity contribution is 0.177. The minimum absolute atomic E-state index is 0.403. The number of nitrogens with one attached hydrogen (secondary N) is 1. The molecule has 0 spiro atoms. The first-order valence-corrected chi connectivity index (χ1v) is 4.70. The van der Waals surface area contributed by atoms with Gasteiger partial charge in [-0.15, -0.1) is 6.58 Å². The molecule has 1 rings (SSSR count). The summed E-state index contributed by atoms with van der Waals surface area (Å²) in [7, 11) is 0. The van der Waals surface area contributed by atoms with Crippen LogP contribution in [0.25, 0.3) is 0 Å². The number of rotatable bonds is 4. The first-order chi connectivity index (χ1) is 5.74. The van der Waals surface area contributed by atoms with Gasteiger partial charge in [0.2, 0.25) is 0 Å². The third kappa shape index (κ3) is 2.61. The molecule has 1 saturated heterocycles. The molecule has 0 amide bonds. The maximum absolute atomic E-state index is 5.33. The summed E-state index contributed by atoms with van der Waals surface area (Å²) in [5.74, 6) is 0.687. The zero-order chi connectivity index (χ0) is 8.97. The molecule has 1 heterocycles. The highest BCUT2D eigenvalue weighted by Crippen LogP contribution is 2.16. The van der Waals surface area contributed by atoms with Crippen molar-refractivity contribution in [3.05, 3.63) is 12.7 Å². The van der Waals surface area contributed by atoms with Crippen molar-refractivity contribution in [1.82, 2.24) is 5.32 Å². The highest BCUT2D eigenvalue weighted by atomic mass is 16.5. The summed E-state index contributed by atoms with van der Waals surface area (Å²) in [5, 5.41) is 3.47. The van der Waals surface area contributed by atoms with Gasteiger partial charge in [-0.1, -0.05) is 6.08 Å². The number of hydrogen-bond donors (Lipinski definition) is 1. The van der Waals surface area contributed by atoms with Crippen LogP contribution >= 0.6 is 0 Å². The largest absolute Gasteiger partial charge is 0.381 e. The maximum atomic E-state index is 5.33. The van der Waals surface area contributed by atoms with E-state index in [9.17, 15) is 0 Å². The molecular weight excluding hydrogens is 150 g/mol. The predicted molar refractivity (Wildman–Crippen MR) is 51.2 cm³/mol. The topological polar surface area (TPSA) is 21.3 Å². The van der Waals surface area contributed by atoms with Crippen molar-refractivity contribution in [3.8, 4) is 0 Å². The fourth-order valence-corrected chi connectivity index (χ4v) is 1.57. The highest BCUT2D eigenvalue weighted by molar-refractivity contribution is 4.86. The summed E-state index contributed by atoms with van der Waals surface area (Å²) in [4.78, 5) is 0. The average Bonchev–Trinajstić information content (AvgIpc) is 2.56. The second kappa shape index (κ2) is 4.63. The molecule has 1 fully saturated rings. The minimum atomic E-state index is 0.403. The van der Waals surface area contributed by atoms with E-state index in [-0.39, 0.29) is 0 Å². The predicted octanol–water partition coefficient (Wildman–Crippen LogP) is 1.58. The molecule has 0 aromatic heterocycles. The van der Waals surface area contributed by atoms with Gasteiger partial charge in [-0.05, 0) is 26.2 Å². The lowest BCUT2D eigenvalue weighted by Crippen LogP contribution is -2.38. The Kier molecular flexibility index (Phi) is 3.76. The molecule has 70 valence electrons. The fourth-order valence-electron chi connectivity index (χ4n) is 1.57. The molecule has 1 aliphatic rings. The summed E-state index contributed by atoms with van der Waals surface area (Å²) in [6.45, 7) is 9.94. The van der Waals surface area contributed by atoms with E-state index in [1.807, 2.05) is 6.08 Å². The quantitative estimate of drug-likeness (QED) is 0.645. The molecule has 3 atom stereocenters. The molecule has 12 heavy (non-hydrogen) atoms. The van der Waals surface area contributed by atoms with Gasteiger partial charge in [0.1, 0.15) is 0 Å². The summed E-state index contributed by atoms with van der Waals surface area (Å²) in [6, 6.07) is 0.945. The van der Waals surface area contributed by atoms with E-state index in [0.717, 1.165) is 13.2 Å². The Morgan fingerprint density at radius 3 is 2.83 bits per heavy atom. The third-order valence-electron chi connectivity index (χ3n) is 2.55. The van der Waals surface area contributed by atoms with E-state index in [1.165, 1.54) is 6.42 Å². The zero-order valence-corrected chi connectivity index (χ0v) is 8.05. The van der Waals surface area contributed by atoms with Crippen LogP contribution in [0.1, 0.15) is 20.3 Å². The van der Waals surface area contributed by atoms with Gasteiger partial charge in [-0.25, -0.2) is 0 Å². The Hall–Kier alpha value is -0.340. The molecule has 0 aliphatic carbocycles. The molecule has 1 N–H and O–H groups in total. The van der Waals surface area contributed by atoms with Crippen molar-refractivity contribution in [1.29, 1.82) is 0 Å². The van der Waals surface area contributed by atoms with Crippen LogP contribution in [0.3, 0.4) is 0 Å². The van der Waals surface area contributed by atoms with Gasteiger partial charge in [0.25, 0.3) is 0 Å². The van der Waals surface area contributed by atoms with Crippen molar-refractivity contribution in [3.63, 3.8) is 0 Å². The van der Waals surface area contributed by atoms with E-state index in [2.05, 4.69) is 25.7 Å². The summed E-state index contributed by atoms with van der Waals surface area (Å²) >= 11 is 0.